The van der Waals surface area contributed by atoms with Crippen LogP contribution in [0.2, 0.25) is 0 Å². The van der Waals surface area contributed by atoms with Crippen molar-refractivity contribution in [2.45, 2.75) is 176 Å². The first-order valence-electron chi connectivity index (χ1n) is 30.0. The standard InChI is InChI=1S/C53H94N20O14S/c1-31-44(77)69-42(32(2)75)50(83)67-38(29-74)49(82)65-35(46(79)60-19-10-22-86-24-26-87-25-23-85-21-9-18-59-41(76)15-4-3-14-40-43-39(30-88-40)68-53(84)70-43)11-5-6-20-73-28-33(71-72-73)27-34(54)45(78)64-37(13-8-17-62-52(57)58)48(81)66-36(47(80)63-31)12-7-16-61-51(55)56/h28,31-32,34-40,42-43,74-75H,3-27,29-30,54H2,1-2H3,(H,59,76)(H,60,79)(H,63,80)(H,64,78)(H,65,82)(H,66,81)(H,67,83)(H,69,77)(H4,55,56,61)(H4,57,58,62)(H2,68,70,84)/t31-,32?,34-,35-,36-,37-,38-,39+,40+,42?,43+/m0/s1. The van der Waals surface area contributed by atoms with E-state index in [0.29, 0.717) is 76.0 Å². The predicted molar refractivity (Wildman–Crippen MR) is 323 cm³/mol. The van der Waals surface area contributed by atoms with Crippen molar-refractivity contribution in [3.05, 3.63) is 11.9 Å². The van der Waals surface area contributed by atoms with Crippen molar-refractivity contribution in [3.8, 4) is 0 Å². The molecule has 4 rings (SSSR count). The number of nitrogens with one attached hydrogen (secondary N) is 10. The smallest absolute Gasteiger partial charge is 0.315 e. The largest absolute Gasteiger partial charge is 0.394 e. The lowest BCUT2D eigenvalue weighted by molar-refractivity contribution is -0.137. The van der Waals surface area contributed by atoms with Crippen molar-refractivity contribution >= 4 is 77.0 Å². The summed E-state index contributed by atoms with van der Waals surface area (Å²) in [5, 5.41) is 56.3. The molecule has 0 aliphatic carbocycles. The van der Waals surface area contributed by atoms with Gasteiger partial charge in [0.2, 0.25) is 47.3 Å². The maximum Gasteiger partial charge on any atom is 0.315 e. The molecule has 0 aromatic carbocycles. The fraction of sp³-hybridized carbons (Fsp3) is 0.755. The zero-order chi connectivity index (χ0) is 64.4. The van der Waals surface area contributed by atoms with E-state index in [1.807, 2.05) is 11.8 Å². The number of unbranched alkanes of at least 4 members (excludes halogenated alkanes) is 1. The maximum absolute atomic E-state index is 13.9. The Bertz CT molecular complexity index is 2450. The summed E-state index contributed by atoms with van der Waals surface area (Å²) in [4.78, 5) is 128. The molecule has 0 spiro atoms. The van der Waals surface area contributed by atoms with Crippen molar-refractivity contribution in [3.63, 3.8) is 0 Å². The van der Waals surface area contributed by atoms with Gasteiger partial charge in [-0.15, -0.1) is 5.10 Å². The lowest BCUT2D eigenvalue weighted by atomic mass is 10.0. The Morgan fingerprint density at radius 1 is 0.705 bits per heavy atom. The summed E-state index contributed by atoms with van der Waals surface area (Å²) in [7, 11) is 0. The van der Waals surface area contributed by atoms with Crippen LogP contribution in [0.15, 0.2) is 16.2 Å². The number of thioether (sulfide) groups is 1. The topological polar surface area (TPSA) is 528 Å². The predicted octanol–water partition coefficient (Wildman–Crippen LogP) is -6.47. The minimum absolute atomic E-state index is 0.00695. The molecule has 4 heterocycles. The number of aliphatic imine (C=N–C) groups is 2. The number of aliphatic hydroxyl groups excluding tert-OH is 2. The number of amides is 10. The first-order valence-corrected chi connectivity index (χ1v) is 31.0. The maximum atomic E-state index is 13.9. The van der Waals surface area contributed by atoms with Crippen molar-refractivity contribution < 1.29 is 67.6 Å². The summed E-state index contributed by atoms with van der Waals surface area (Å²) in [5.74, 6) is -5.48. The van der Waals surface area contributed by atoms with E-state index in [9.17, 15) is 53.4 Å². The molecular formula is C53H94N20O14S. The second kappa shape index (κ2) is 40.4. The second-order valence-electron chi connectivity index (χ2n) is 21.6. The average molecular weight is 1270 g/mol. The highest BCUT2D eigenvalue weighted by molar-refractivity contribution is 8.00. The van der Waals surface area contributed by atoms with Gasteiger partial charge in [-0.3, -0.25) is 53.0 Å². The Morgan fingerprint density at radius 2 is 1.30 bits per heavy atom. The van der Waals surface area contributed by atoms with Crippen LogP contribution in [0.5, 0.6) is 0 Å². The van der Waals surface area contributed by atoms with Gasteiger partial charge in [-0.25, -0.2) is 4.79 Å². The molecule has 2 fully saturated rings. The van der Waals surface area contributed by atoms with Crippen LogP contribution in [0, 0.1) is 0 Å². The molecule has 10 amide bonds. The Hall–Kier alpha value is -7.18. The number of ether oxygens (including phenoxy) is 3. The molecule has 22 N–H and O–H groups in total. The molecule has 2 bridgehead atoms. The average Bonchev–Trinajstić information content (AvgIpc) is 2.07. The lowest BCUT2D eigenvalue weighted by Crippen LogP contribution is -2.61. The van der Waals surface area contributed by atoms with E-state index in [1.165, 1.54) is 18.5 Å². The van der Waals surface area contributed by atoms with Gasteiger partial charge in [0, 0.05) is 76.0 Å². The van der Waals surface area contributed by atoms with E-state index in [-0.39, 0.29) is 114 Å². The fourth-order valence-corrected chi connectivity index (χ4v) is 11.0. The lowest BCUT2D eigenvalue weighted by Gasteiger charge is -2.27. The van der Waals surface area contributed by atoms with E-state index in [1.54, 1.807) is 6.20 Å². The van der Waals surface area contributed by atoms with Crippen molar-refractivity contribution in [2.24, 2.45) is 38.7 Å². The molecule has 3 aliphatic heterocycles. The number of aliphatic hydroxyl groups is 2. The van der Waals surface area contributed by atoms with Crippen LogP contribution < -0.4 is 81.8 Å². The minimum atomic E-state index is -1.73. The van der Waals surface area contributed by atoms with Crippen LogP contribution in [-0.2, 0) is 65.5 Å². The first kappa shape index (κ1) is 73.3. The Balaban J connectivity index is 1.29. The van der Waals surface area contributed by atoms with Gasteiger partial charge in [0.25, 0.3) is 0 Å². The number of hydrogen-bond donors (Lipinski definition) is 17. The number of nitrogens with zero attached hydrogens (tertiary/aromatic N) is 5. The molecule has 2 unspecified atom stereocenters. The molecule has 11 atom stereocenters. The highest BCUT2D eigenvalue weighted by atomic mass is 32.2. The Labute approximate surface area is 515 Å². The quantitative estimate of drug-likeness (QED) is 0.0147. The number of aryl methyl sites for hydroxylation is 1. The van der Waals surface area contributed by atoms with Gasteiger partial charge in [-0.2, -0.15) is 11.8 Å². The van der Waals surface area contributed by atoms with Gasteiger partial charge in [-0.05, 0) is 84.5 Å². The van der Waals surface area contributed by atoms with E-state index in [2.05, 4.69) is 73.5 Å². The summed E-state index contributed by atoms with van der Waals surface area (Å²) in [6, 6.07) is -9.55. The first-order chi connectivity index (χ1) is 42.1. The molecule has 0 radical (unpaired) electrons. The molecule has 88 heavy (non-hydrogen) atoms. The molecule has 2 saturated heterocycles. The van der Waals surface area contributed by atoms with Gasteiger partial charge < -0.3 is 106 Å². The SMILES string of the molecule is CC(O)C1NC(=O)[C@H](C)NC(=O)[C@H](CCCN=C(N)N)NC(=O)[C@H](CCCN=C(N)N)NC(=O)[C@@H](N)Cc2cn(nn2)CCCC[C@@H](C(=O)NCCCOCCOCCOCCCNC(=O)CCCC[C@H]2SC[C@H]3NC(=O)N[C@H]32)NC(=O)[C@H](CO)NC1=O. The Kier molecular flexibility index (Phi) is 33.6. The summed E-state index contributed by atoms with van der Waals surface area (Å²) in [5.41, 5.74) is 28.6. The van der Waals surface area contributed by atoms with Crippen LogP contribution in [0.3, 0.4) is 0 Å². The number of guanidine groups is 2. The number of aromatic nitrogens is 3. The highest BCUT2D eigenvalue weighted by Gasteiger charge is 2.42. The van der Waals surface area contributed by atoms with Gasteiger partial charge in [0.15, 0.2) is 11.9 Å². The summed E-state index contributed by atoms with van der Waals surface area (Å²) < 4.78 is 18.4. The van der Waals surface area contributed by atoms with Crippen LogP contribution in [0.4, 0.5) is 4.79 Å². The zero-order valence-electron chi connectivity index (χ0n) is 50.3. The molecule has 34 nitrogen and oxygen atoms in total. The van der Waals surface area contributed by atoms with Gasteiger partial charge in [-0.1, -0.05) is 11.6 Å². The van der Waals surface area contributed by atoms with E-state index in [4.69, 9.17) is 42.9 Å². The molecule has 1 aromatic rings. The fourth-order valence-electron chi connectivity index (χ4n) is 9.45. The number of fused-ring (bicyclic) bond motifs is 3. The van der Waals surface area contributed by atoms with Crippen molar-refractivity contribution in [2.75, 3.05) is 78.2 Å². The number of urea groups is 1. The van der Waals surface area contributed by atoms with Gasteiger partial charge in [0.05, 0.1) is 63.0 Å². The van der Waals surface area contributed by atoms with Crippen LogP contribution in [-0.4, -0.2) is 234 Å². The van der Waals surface area contributed by atoms with Crippen LogP contribution >= 0.6 is 11.8 Å². The number of carbonyl (C=O) groups is 9. The minimum Gasteiger partial charge on any atom is -0.394 e. The van der Waals surface area contributed by atoms with Crippen LogP contribution in [0.25, 0.3) is 0 Å². The summed E-state index contributed by atoms with van der Waals surface area (Å²) >= 11 is 1.87. The Morgan fingerprint density at radius 3 is 1.92 bits per heavy atom. The number of nitrogens with two attached hydrogens (primary N) is 5. The summed E-state index contributed by atoms with van der Waals surface area (Å²) in [6.07, 6.45) is 5.22. The van der Waals surface area contributed by atoms with Crippen LogP contribution in [0.1, 0.15) is 103 Å². The third kappa shape index (κ3) is 27.9. The summed E-state index contributed by atoms with van der Waals surface area (Å²) in [6.45, 7) is 4.60. The molecule has 3 aliphatic rings. The molecule has 496 valence electrons. The number of hydrogen-bond acceptors (Lipinski definition) is 20. The van der Waals surface area contributed by atoms with Gasteiger partial charge in [0.1, 0.15) is 36.3 Å². The van der Waals surface area contributed by atoms with Crippen molar-refractivity contribution in [1.29, 1.82) is 0 Å². The molecule has 1 aromatic heterocycles. The highest BCUT2D eigenvalue weighted by Crippen LogP contribution is 2.33. The van der Waals surface area contributed by atoms with Gasteiger partial charge >= 0.3 is 6.03 Å². The third-order valence-electron chi connectivity index (χ3n) is 14.3. The number of carbonyl (C=O) groups excluding carboxylic acids is 9. The van der Waals surface area contributed by atoms with Crippen molar-refractivity contribution in [1.82, 2.24) is 68.2 Å². The van der Waals surface area contributed by atoms with E-state index in [0.717, 1.165) is 25.0 Å². The zero-order valence-corrected chi connectivity index (χ0v) is 51.2. The van der Waals surface area contributed by atoms with E-state index >= 15 is 0 Å². The molecular weight excluding hydrogens is 1170 g/mol. The van der Waals surface area contributed by atoms with E-state index < -0.39 is 96.4 Å². The monoisotopic (exact) mass is 1270 g/mol. The molecule has 35 heteroatoms. The number of rotatable bonds is 30. The second-order valence-corrected chi connectivity index (χ2v) is 22.9. The third-order valence-corrected chi connectivity index (χ3v) is 15.8. The molecule has 0 saturated carbocycles. The normalized spacial score (nSPS) is 24.7.